The number of halogens is 1. The molecule has 0 aliphatic rings. The van der Waals surface area contributed by atoms with E-state index in [2.05, 4.69) is 26.2 Å². The topological polar surface area (TPSA) is 85.4 Å². The molecule has 0 radical (unpaired) electrons. The number of carbonyl (C=O) groups excluding carboxylic acids is 3. The number of benzene rings is 1. The first-order valence-electron chi connectivity index (χ1n) is 6.64. The molecule has 0 spiro atoms. The molecule has 6 nitrogen and oxygen atoms in total. The van der Waals surface area contributed by atoms with Gasteiger partial charge < -0.3 is 10.1 Å². The summed E-state index contributed by atoms with van der Waals surface area (Å²) in [4.78, 5) is 38.6. The number of ketones is 1. The number of amides is 1. The van der Waals surface area contributed by atoms with Gasteiger partial charge >= 0.3 is 5.97 Å². The smallest absolute Gasteiger partial charge is 0.340 e. The first-order chi connectivity index (χ1) is 11.0. The lowest BCUT2D eigenvalue weighted by Gasteiger charge is -2.06. The zero-order valence-electron chi connectivity index (χ0n) is 12.2. The number of nitrogens with zero attached hydrogens (tertiary/aromatic N) is 1. The van der Waals surface area contributed by atoms with Gasteiger partial charge in [-0.3, -0.25) is 14.6 Å². The molecule has 118 valence electrons. The van der Waals surface area contributed by atoms with Gasteiger partial charge in [-0.25, -0.2) is 4.79 Å². The quantitative estimate of drug-likeness (QED) is 0.640. The van der Waals surface area contributed by atoms with Crippen LogP contribution in [0.5, 0.6) is 0 Å². The fourth-order valence-electron chi connectivity index (χ4n) is 1.76. The number of pyridine rings is 1. The van der Waals surface area contributed by atoms with Crippen molar-refractivity contribution in [2.45, 2.75) is 6.92 Å². The van der Waals surface area contributed by atoms with Gasteiger partial charge in [0, 0.05) is 35.0 Å². The summed E-state index contributed by atoms with van der Waals surface area (Å²) in [6.07, 6.45) is 2.90. The fourth-order valence-corrected chi connectivity index (χ4v) is 2.13. The molecule has 1 heterocycles. The van der Waals surface area contributed by atoms with Crippen LogP contribution in [0.25, 0.3) is 0 Å². The second-order valence-electron chi connectivity index (χ2n) is 4.65. The van der Waals surface area contributed by atoms with Gasteiger partial charge in [0.05, 0.1) is 5.56 Å². The number of aromatic nitrogens is 1. The molecule has 2 rings (SSSR count). The Bertz CT molecular complexity index is 744. The summed E-state index contributed by atoms with van der Waals surface area (Å²) in [6.45, 7) is 1.03. The maximum absolute atomic E-state index is 12.0. The number of hydrogen-bond donors (Lipinski definition) is 1. The van der Waals surface area contributed by atoms with Crippen LogP contribution < -0.4 is 5.32 Å². The van der Waals surface area contributed by atoms with Gasteiger partial charge in [-0.1, -0.05) is 0 Å². The average molecular weight is 377 g/mol. The van der Waals surface area contributed by atoms with E-state index in [1.54, 1.807) is 36.5 Å². The Balaban J connectivity index is 1.94. The summed E-state index contributed by atoms with van der Waals surface area (Å²) >= 11 is 3.20. The molecule has 0 aliphatic carbocycles. The van der Waals surface area contributed by atoms with Crippen LogP contribution in [0.3, 0.4) is 0 Å². The summed E-state index contributed by atoms with van der Waals surface area (Å²) < 4.78 is 5.62. The van der Waals surface area contributed by atoms with Crippen LogP contribution in [0, 0.1) is 0 Å². The lowest BCUT2D eigenvalue weighted by molar-refractivity contribution is -0.114. The molecule has 0 fully saturated rings. The van der Waals surface area contributed by atoms with Gasteiger partial charge in [-0.15, -0.1) is 0 Å². The standard InChI is InChI=1S/C16H13BrN2O4/c1-10(20)19-14-4-2-11(3-5-14)15(21)9-23-16(22)12-6-13(17)8-18-7-12/h2-8H,9H2,1H3,(H,19,20). The number of rotatable bonds is 5. The first kappa shape index (κ1) is 16.8. The van der Waals surface area contributed by atoms with E-state index < -0.39 is 5.97 Å². The van der Waals surface area contributed by atoms with Crippen LogP contribution in [0.1, 0.15) is 27.6 Å². The van der Waals surface area contributed by atoms with Crippen LogP contribution >= 0.6 is 15.9 Å². The third-order valence-corrected chi connectivity index (χ3v) is 3.24. The predicted octanol–water partition coefficient (Wildman–Crippen LogP) is 2.84. The molecule has 0 unspecified atom stereocenters. The second kappa shape index (κ2) is 7.64. The molecule has 1 aromatic heterocycles. The molecule has 0 aliphatic heterocycles. The van der Waals surface area contributed by atoms with E-state index in [1.807, 2.05) is 0 Å². The van der Waals surface area contributed by atoms with Gasteiger partial charge in [0.1, 0.15) is 0 Å². The largest absolute Gasteiger partial charge is 0.454 e. The Morgan fingerprint density at radius 2 is 1.83 bits per heavy atom. The Labute approximate surface area is 141 Å². The summed E-state index contributed by atoms with van der Waals surface area (Å²) in [5.74, 6) is -1.15. The summed E-state index contributed by atoms with van der Waals surface area (Å²) in [5.41, 5.74) is 1.23. The van der Waals surface area contributed by atoms with E-state index >= 15 is 0 Å². The number of esters is 1. The molecule has 1 amide bonds. The molecule has 2 aromatic rings. The van der Waals surface area contributed by atoms with Crippen molar-refractivity contribution in [1.82, 2.24) is 4.98 Å². The molecule has 7 heteroatoms. The predicted molar refractivity (Wildman–Crippen MR) is 87.3 cm³/mol. The van der Waals surface area contributed by atoms with E-state index in [1.165, 1.54) is 13.1 Å². The summed E-state index contributed by atoms with van der Waals surface area (Å²) in [7, 11) is 0. The van der Waals surface area contributed by atoms with Crippen LogP contribution in [0.4, 0.5) is 5.69 Å². The van der Waals surface area contributed by atoms with Crippen LogP contribution in [-0.4, -0.2) is 29.3 Å². The van der Waals surface area contributed by atoms with E-state index in [0.717, 1.165) is 0 Å². The normalized spacial score (nSPS) is 10.0. The molecule has 0 atom stereocenters. The van der Waals surface area contributed by atoms with Crippen molar-refractivity contribution in [3.8, 4) is 0 Å². The van der Waals surface area contributed by atoms with E-state index in [9.17, 15) is 14.4 Å². The molecule has 0 saturated heterocycles. The van der Waals surface area contributed by atoms with Crippen molar-refractivity contribution < 1.29 is 19.1 Å². The average Bonchev–Trinajstić information content (AvgIpc) is 2.52. The zero-order valence-corrected chi connectivity index (χ0v) is 13.8. The maximum Gasteiger partial charge on any atom is 0.340 e. The highest BCUT2D eigenvalue weighted by molar-refractivity contribution is 9.10. The monoisotopic (exact) mass is 376 g/mol. The Kier molecular flexibility index (Phi) is 5.59. The molecule has 0 saturated carbocycles. The number of nitrogens with one attached hydrogen (secondary N) is 1. The highest BCUT2D eigenvalue weighted by Crippen LogP contribution is 2.12. The van der Waals surface area contributed by atoms with Crippen molar-refractivity contribution in [1.29, 1.82) is 0 Å². The van der Waals surface area contributed by atoms with Crippen LogP contribution in [-0.2, 0) is 9.53 Å². The number of Topliss-reactive ketones (excluding diaryl/α,β-unsaturated/α-hetero) is 1. The fraction of sp³-hybridized carbons (Fsp3) is 0.125. The highest BCUT2D eigenvalue weighted by Gasteiger charge is 2.12. The lowest BCUT2D eigenvalue weighted by Crippen LogP contribution is -2.14. The molecule has 1 aromatic carbocycles. The number of hydrogen-bond acceptors (Lipinski definition) is 5. The first-order valence-corrected chi connectivity index (χ1v) is 7.43. The molecular weight excluding hydrogens is 364 g/mol. The van der Waals surface area contributed by atoms with E-state index in [-0.39, 0.29) is 23.9 Å². The van der Waals surface area contributed by atoms with Gasteiger partial charge in [0.2, 0.25) is 5.91 Å². The lowest BCUT2D eigenvalue weighted by atomic mass is 10.1. The van der Waals surface area contributed by atoms with Crippen LogP contribution in [0.15, 0.2) is 47.2 Å². The third-order valence-electron chi connectivity index (χ3n) is 2.80. The Hall–Kier alpha value is -2.54. The van der Waals surface area contributed by atoms with Gasteiger partial charge in [-0.2, -0.15) is 0 Å². The van der Waals surface area contributed by atoms with Gasteiger partial charge in [0.15, 0.2) is 12.4 Å². The molecule has 1 N–H and O–H groups in total. The zero-order chi connectivity index (χ0) is 16.8. The van der Waals surface area contributed by atoms with E-state index in [4.69, 9.17) is 4.74 Å². The van der Waals surface area contributed by atoms with Crippen molar-refractivity contribution >= 4 is 39.3 Å². The minimum atomic E-state index is -0.623. The van der Waals surface area contributed by atoms with E-state index in [0.29, 0.717) is 15.7 Å². The molecule has 23 heavy (non-hydrogen) atoms. The SMILES string of the molecule is CC(=O)Nc1ccc(C(=O)COC(=O)c2cncc(Br)c2)cc1. The van der Waals surface area contributed by atoms with Gasteiger partial charge in [0.25, 0.3) is 0 Å². The minimum absolute atomic E-state index is 0.194. The van der Waals surface area contributed by atoms with Crippen molar-refractivity contribution in [2.75, 3.05) is 11.9 Å². The highest BCUT2D eigenvalue weighted by atomic mass is 79.9. The number of ether oxygens (including phenoxy) is 1. The number of anilines is 1. The summed E-state index contributed by atoms with van der Waals surface area (Å²) in [5, 5.41) is 2.60. The summed E-state index contributed by atoms with van der Waals surface area (Å²) in [6, 6.07) is 7.88. The molecule has 0 bridgehead atoms. The second-order valence-corrected chi connectivity index (χ2v) is 5.57. The maximum atomic E-state index is 12.0. The van der Waals surface area contributed by atoms with Crippen molar-refractivity contribution in [3.63, 3.8) is 0 Å². The number of carbonyl (C=O) groups is 3. The van der Waals surface area contributed by atoms with Crippen molar-refractivity contribution in [3.05, 3.63) is 58.3 Å². The van der Waals surface area contributed by atoms with Gasteiger partial charge in [-0.05, 0) is 46.3 Å². The Morgan fingerprint density at radius 1 is 1.13 bits per heavy atom. The van der Waals surface area contributed by atoms with Crippen molar-refractivity contribution in [2.24, 2.45) is 0 Å². The molecular formula is C16H13BrN2O4. The third kappa shape index (κ3) is 5.00. The Morgan fingerprint density at radius 3 is 2.43 bits per heavy atom. The minimum Gasteiger partial charge on any atom is -0.454 e. The van der Waals surface area contributed by atoms with Crippen LogP contribution in [0.2, 0.25) is 0 Å².